The van der Waals surface area contributed by atoms with Gasteiger partial charge in [0.1, 0.15) is 23.1 Å². The summed E-state index contributed by atoms with van der Waals surface area (Å²) >= 11 is 0. The summed E-state index contributed by atoms with van der Waals surface area (Å²) in [6, 6.07) is 6.92. The Morgan fingerprint density at radius 1 is 0.721 bits per heavy atom. The van der Waals surface area contributed by atoms with E-state index >= 15 is 0 Å². The topological polar surface area (TPSA) is 240 Å². The Labute approximate surface area is 255 Å². The number of halogens is 1. The van der Waals surface area contributed by atoms with Crippen molar-refractivity contribution in [2.75, 3.05) is 0 Å². The molecule has 4 heterocycles. The predicted octanol–water partition coefficient (Wildman–Crippen LogP) is -0.219. The number of nitrogens with two attached hydrogens (primary N) is 1. The summed E-state index contributed by atoms with van der Waals surface area (Å²) in [7, 11) is 0. The van der Waals surface area contributed by atoms with Gasteiger partial charge in [0.05, 0.1) is 22.7 Å². The van der Waals surface area contributed by atoms with Crippen LogP contribution in [0.1, 0.15) is 67.1 Å². The fraction of sp³-hybridized carbons (Fsp3) is 0.231. The fourth-order valence-corrected chi connectivity index (χ4v) is 4.32. The Hall–Kier alpha value is -4.80. The molecule has 15 nitrogen and oxygen atoms in total. The van der Waals surface area contributed by atoms with Crippen LogP contribution in [0, 0.1) is 0 Å². The molecule has 2 atom stereocenters. The Morgan fingerprint density at radius 2 is 1.26 bits per heavy atom. The molecule has 0 aliphatic carbocycles. The standard InChI is InChI=1S/C13H10N2O5.C8H4O4.C5H8N2O2.ClH.H2S/c16-8-3-1-2-6-10(8)13(20)15(12(6)19)7-4-5-9(17)14-11(7)18;9-5-3-1-2-4-6(5)8(11)12-7(4)10;6-3-1-2-4(8)7-5(3)9;;/h1-3,7,16H,4-5H2,(H,14,17,18);1-3,9H;3H,1-2,6H2,(H,7,8,9);1H;1H2. The van der Waals surface area contributed by atoms with Crippen molar-refractivity contribution in [1.29, 1.82) is 0 Å². The highest BCUT2D eigenvalue weighted by Gasteiger charge is 2.45. The number of rotatable bonds is 1. The highest BCUT2D eigenvalue weighted by Crippen LogP contribution is 2.32. The molecule has 0 radical (unpaired) electrons. The molecule has 4 aliphatic rings. The van der Waals surface area contributed by atoms with E-state index in [1.165, 1.54) is 36.4 Å². The summed E-state index contributed by atoms with van der Waals surface area (Å²) in [4.78, 5) is 90.9. The van der Waals surface area contributed by atoms with Crippen molar-refractivity contribution in [3.63, 3.8) is 0 Å². The van der Waals surface area contributed by atoms with E-state index in [0.717, 1.165) is 4.90 Å². The molecule has 2 aromatic carbocycles. The molecular weight excluding hydrogens is 612 g/mol. The van der Waals surface area contributed by atoms with Gasteiger partial charge in [-0.1, -0.05) is 12.1 Å². The summed E-state index contributed by atoms with van der Waals surface area (Å²) < 4.78 is 4.27. The van der Waals surface area contributed by atoms with Gasteiger partial charge in [-0.25, -0.2) is 9.59 Å². The quantitative estimate of drug-likeness (QED) is 0.155. The minimum Gasteiger partial charge on any atom is -0.507 e. The molecule has 0 aromatic heterocycles. The third-order valence-electron chi connectivity index (χ3n) is 6.38. The van der Waals surface area contributed by atoms with Crippen molar-refractivity contribution < 1.29 is 53.3 Å². The number of esters is 2. The molecule has 2 unspecified atom stereocenters. The number of phenolic OH excluding ortho intramolecular Hbond substituents is 2. The first-order valence-corrected chi connectivity index (χ1v) is 12.1. The summed E-state index contributed by atoms with van der Waals surface area (Å²) in [5.74, 6) is -5.01. The maximum atomic E-state index is 12.2. The normalized spacial score (nSPS) is 20.1. The highest BCUT2D eigenvalue weighted by atomic mass is 35.5. The predicted molar refractivity (Wildman–Crippen MR) is 151 cm³/mol. The number of nitrogens with one attached hydrogen (secondary N) is 2. The van der Waals surface area contributed by atoms with E-state index in [-0.39, 0.29) is 84.3 Å². The number of hydrogen-bond acceptors (Lipinski definition) is 12. The first kappa shape index (κ1) is 34.4. The Kier molecular flexibility index (Phi) is 11.1. The number of benzene rings is 2. The minimum absolute atomic E-state index is 0. The van der Waals surface area contributed by atoms with Crippen LogP contribution in [0.3, 0.4) is 0 Å². The average molecular weight is 637 g/mol. The van der Waals surface area contributed by atoms with Crippen LogP contribution in [0.2, 0.25) is 0 Å². The number of cyclic esters (lactones) is 2. The Balaban J connectivity index is 0.000000241. The van der Waals surface area contributed by atoms with Crippen molar-refractivity contribution in [1.82, 2.24) is 15.5 Å². The van der Waals surface area contributed by atoms with Crippen molar-refractivity contribution >= 4 is 73.3 Å². The molecule has 0 spiro atoms. The molecule has 4 aliphatic heterocycles. The molecule has 0 saturated carbocycles. The number of amides is 6. The van der Waals surface area contributed by atoms with Crippen LogP contribution in [0.15, 0.2) is 36.4 Å². The van der Waals surface area contributed by atoms with Crippen LogP contribution in [0.25, 0.3) is 0 Å². The van der Waals surface area contributed by atoms with Gasteiger partial charge in [-0.2, -0.15) is 13.5 Å². The van der Waals surface area contributed by atoms with Crippen molar-refractivity contribution in [3.05, 3.63) is 58.7 Å². The molecule has 228 valence electrons. The number of ether oxygens (including phenoxy) is 1. The van der Waals surface area contributed by atoms with Gasteiger partial charge >= 0.3 is 11.9 Å². The third-order valence-corrected chi connectivity index (χ3v) is 6.38. The van der Waals surface area contributed by atoms with Gasteiger partial charge in [0, 0.05) is 12.8 Å². The number of fused-ring (bicyclic) bond motifs is 2. The molecule has 43 heavy (non-hydrogen) atoms. The minimum atomic E-state index is -1.01. The van der Waals surface area contributed by atoms with E-state index in [2.05, 4.69) is 15.4 Å². The van der Waals surface area contributed by atoms with E-state index in [9.17, 15) is 43.5 Å². The Morgan fingerprint density at radius 3 is 1.77 bits per heavy atom. The van der Waals surface area contributed by atoms with Crippen LogP contribution in [-0.2, 0) is 23.9 Å². The lowest BCUT2D eigenvalue weighted by molar-refractivity contribution is -0.137. The van der Waals surface area contributed by atoms with Gasteiger partial charge in [-0.3, -0.25) is 44.3 Å². The lowest BCUT2D eigenvalue weighted by Gasteiger charge is -2.27. The van der Waals surface area contributed by atoms with Gasteiger partial charge in [-0.15, -0.1) is 12.4 Å². The largest absolute Gasteiger partial charge is 0.507 e. The van der Waals surface area contributed by atoms with E-state index in [4.69, 9.17) is 10.8 Å². The maximum absolute atomic E-state index is 12.2. The number of carbonyl (C=O) groups is 8. The zero-order valence-electron chi connectivity index (χ0n) is 21.9. The maximum Gasteiger partial charge on any atom is 0.350 e. The lowest BCUT2D eigenvalue weighted by atomic mass is 10.0. The van der Waals surface area contributed by atoms with Gasteiger partial charge in [0.15, 0.2) is 0 Å². The van der Waals surface area contributed by atoms with Crippen molar-refractivity contribution in [2.24, 2.45) is 5.73 Å². The highest BCUT2D eigenvalue weighted by molar-refractivity contribution is 7.59. The molecule has 2 aromatic rings. The van der Waals surface area contributed by atoms with Gasteiger partial charge in [0.2, 0.25) is 23.6 Å². The second-order valence-corrected chi connectivity index (χ2v) is 9.08. The summed E-state index contributed by atoms with van der Waals surface area (Å²) in [5.41, 5.74) is 5.34. The molecule has 0 bridgehead atoms. The third kappa shape index (κ3) is 6.99. The number of nitrogens with zero attached hydrogens (tertiary/aromatic N) is 1. The summed E-state index contributed by atoms with van der Waals surface area (Å²) in [6.45, 7) is 0. The number of carbonyl (C=O) groups excluding carboxylic acids is 8. The smallest absolute Gasteiger partial charge is 0.350 e. The van der Waals surface area contributed by atoms with E-state index in [0.29, 0.717) is 12.8 Å². The molecule has 2 saturated heterocycles. The van der Waals surface area contributed by atoms with Gasteiger partial charge < -0.3 is 20.7 Å². The Bertz CT molecular complexity index is 1550. The molecule has 6 amide bonds. The van der Waals surface area contributed by atoms with E-state index in [1.54, 1.807) is 0 Å². The lowest BCUT2D eigenvalue weighted by Crippen LogP contribution is -2.54. The second-order valence-electron chi connectivity index (χ2n) is 9.08. The monoisotopic (exact) mass is 636 g/mol. The van der Waals surface area contributed by atoms with Gasteiger partial charge in [0.25, 0.3) is 11.8 Å². The van der Waals surface area contributed by atoms with E-state index < -0.39 is 47.7 Å². The average Bonchev–Trinajstić information content (AvgIpc) is 3.35. The van der Waals surface area contributed by atoms with Crippen LogP contribution in [0.5, 0.6) is 11.5 Å². The number of aromatic hydroxyl groups is 2. The van der Waals surface area contributed by atoms with E-state index in [1.807, 2.05) is 0 Å². The SMILES string of the molecule is Cl.NC1CCC(=O)NC1=O.O=C1CCC(N2C(=O)c3cccc(O)c3C2=O)C(=O)N1.O=C1OC(=O)c2c(O)cccc21.S. The van der Waals surface area contributed by atoms with Crippen LogP contribution in [0.4, 0.5) is 0 Å². The second kappa shape index (κ2) is 13.9. The number of piperidine rings is 2. The zero-order valence-corrected chi connectivity index (χ0v) is 23.8. The first-order chi connectivity index (χ1) is 19.4. The molecular formula is C26H25ClN4O11S. The van der Waals surface area contributed by atoms with Crippen molar-refractivity contribution in [2.45, 2.75) is 37.8 Å². The van der Waals surface area contributed by atoms with Crippen LogP contribution < -0.4 is 16.4 Å². The number of imide groups is 3. The molecule has 2 fully saturated rings. The zero-order chi connectivity index (χ0) is 30.0. The molecule has 6 N–H and O–H groups in total. The summed E-state index contributed by atoms with van der Waals surface area (Å²) in [6.07, 6.45) is 1.00. The van der Waals surface area contributed by atoms with Crippen molar-refractivity contribution in [3.8, 4) is 11.5 Å². The van der Waals surface area contributed by atoms with Crippen LogP contribution >= 0.6 is 25.9 Å². The first-order valence-electron chi connectivity index (χ1n) is 12.1. The summed E-state index contributed by atoms with van der Waals surface area (Å²) in [5, 5.41) is 23.1. The number of phenols is 2. The van der Waals surface area contributed by atoms with Gasteiger partial charge in [-0.05, 0) is 37.1 Å². The fourth-order valence-electron chi connectivity index (χ4n) is 4.32. The molecule has 17 heteroatoms. The van der Waals surface area contributed by atoms with Crippen LogP contribution in [-0.4, -0.2) is 74.6 Å². The molecule has 6 rings (SSSR count). The number of hydrogen-bond donors (Lipinski definition) is 5.